The number of hydrogen-bond donors (Lipinski definition) is 2. The molecule has 152 valence electrons. The topological polar surface area (TPSA) is 74.6 Å². The standard InChI is InChI=1S/C20H42O4S/c1-3-4-5-6-7-11-14-17-20(21)18-15-12-9-8-10-13-16-19(2)25(22,23)24/h19-21H,3-18H2,1-2H3,(H,22,23,24). The van der Waals surface area contributed by atoms with E-state index in [1.807, 2.05) is 0 Å². The van der Waals surface area contributed by atoms with Crippen molar-refractivity contribution in [3.8, 4) is 0 Å². The van der Waals surface area contributed by atoms with Gasteiger partial charge in [0, 0.05) is 0 Å². The summed E-state index contributed by atoms with van der Waals surface area (Å²) in [5, 5.41) is 9.34. The van der Waals surface area contributed by atoms with E-state index in [1.165, 1.54) is 38.5 Å². The van der Waals surface area contributed by atoms with Crippen molar-refractivity contribution in [2.75, 3.05) is 0 Å². The Morgan fingerprint density at radius 1 is 0.680 bits per heavy atom. The van der Waals surface area contributed by atoms with Crippen molar-refractivity contribution in [1.82, 2.24) is 0 Å². The minimum absolute atomic E-state index is 0.133. The van der Waals surface area contributed by atoms with Gasteiger partial charge in [-0.15, -0.1) is 0 Å². The van der Waals surface area contributed by atoms with Gasteiger partial charge in [-0.25, -0.2) is 0 Å². The maximum absolute atomic E-state index is 10.9. The van der Waals surface area contributed by atoms with Crippen LogP contribution in [0.15, 0.2) is 0 Å². The Morgan fingerprint density at radius 3 is 1.44 bits per heavy atom. The second kappa shape index (κ2) is 16.1. The highest BCUT2D eigenvalue weighted by molar-refractivity contribution is 7.86. The predicted octanol–water partition coefficient (Wildman–Crippen LogP) is 5.89. The summed E-state index contributed by atoms with van der Waals surface area (Å²) in [6.45, 7) is 3.79. The summed E-state index contributed by atoms with van der Waals surface area (Å²) in [5.41, 5.74) is 0. The molecule has 0 saturated heterocycles. The van der Waals surface area contributed by atoms with Gasteiger partial charge in [-0.1, -0.05) is 90.4 Å². The highest BCUT2D eigenvalue weighted by atomic mass is 32.2. The lowest BCUT2D eigenvalue weighted by molar-refractivity contribution is 0.147. The average Bonchev–Trinajstić information content (AvgIpc) is 2.55. The van der Waals surface area contributed by atoms with E-state index in [9.17, 15) is 13.5 Å². The van der Waals surface area contributed by atoms with Crippen molar-refractivity contribution in [2.45, 2.75) is 128 Å². The molecule has 0 aromatic heterocycles. The van der Waals surface area contributed by atoms with Crippen LogP contribution in [0.25, 0.3) is 0 Å². The molecular formula is C20H42O4S. The van der Waals surface area contributed by atoms with Gasteiger partial charge in [0.2, 0.25) is 0 Å². The summed E-state index contributed by atoms with van der Waals surface area (Å²) in [7, 11) is -3.86. The van der Waals surface area contributed by atoms with Gasteiger partial charge in [0.15, 0.2) is 0 Å². The maximum atomic E-state index is 10.9. The lowest BCUT2D eigenvalue weighted by Gasteiger charge is -2.10. The third-order valence-electron chi connectivity index (χ3n) is 5.05. The first kappa shape index (κ1) is 24.9. The highest BCUT2D eigenvalue weighted by Crippen LogP contribution is 2.15. The number of unbranched alkanes of at least 4 members (excludes halogenated alkanes) is 11. The zero-order chi connectivity index (χ0) is 19.0. The molecule has 0 spiro atoms. The Balaban J connectivity index is 3.31. The van der Waals surface area contributed by atoms with E-state index in [-0.39, 0.29) is 6.10 Å². The van der Waals surface area contributed by atoms with Gasteiger partial charge in [0.05, 0.1) is 11.4 Å². The van der Waals surface area contributed by atoms with Crippen LogP contribution in [0.4, 0.5) is 0 Å². The van der Waals surface area contributed by atoms with E-state index < -0.39 is 15.4 Å². The Hall–Kier alpha value is -0.130. The van der Waals surface area contributed by atoms with Gasteiger partial charge in [-0.05, 0) is 26.2 Å². The Morgan fingerprint density at radius 2 is 1.04 bits per heavy atom. The van der Waals surface area contributed by atoms with E-state index in [0.29, 0.717) is 6.42 Å². The minimum Gasteiger partial charge on any atom is -0.393 e. The van der Waals surface area contributed by atoms with Crippen molar-refractivity contribution >= 4 is 10.1 Å². The normalized spacial score (nSPS) is 14.6. The van der Waals surface area contributed by atoms with Crippen LogP contribution in [-0.2, 0) is 10.1 Å². The molecule has 25 heavy (non-hydrogen) atoms. The molecule has 0 aliphatic rings. The molecule has 0 fully saturated rings. The van der Waals surface area contributed by atoms with Gasteiger partial charge in [-0.3, -0.25) is 4.55 Å². The fourth-order valence-corrected chi connectivity index (χ4v) is 3.61. The molecule has 2 unspecified atom stereocenters. The molecule has 0 aliphatic carbocycles. The van der Waals surface area contributed by atoms with E-state index in [1.54, 1.807) is 6.92 Å². The first-order chi connectivity index (χ1) is 11.9. The summed E-state index contributed by atoms with van der Waals surface area (Å²) in [5.74, 6) is 0. The molecule has 0 aliphatic heterocycles. The molecule has 5 heteroatoms. The SMILES string of the molecule is CCCCCCCCCC(O)CCCCCCCCC(C)S(=O)(=O)O. The third kappa shape index (κ3) is 17.1. The van der Waals surface area contributed by atoms with E-state index in [0.717, 1.165) is 57.8 Å². The van der Waals surface area contributed by atoms with Crippen molar-refractivity contribution in [3.63, 3.8) is 0 Å². The molecule has 0 rings (SSSR count). The van der Waals surface area contributed by atoms with Crippen LogP contribution < -0.4 is 0 Å². The third-order valence-corrected chi connectivity index (χ3v) is 6.30. The van der Waals surface area contributed by atoms with E-state index in [4.69, 9.17) is 4.55 Å². The van der Waals surface area contributed by atoms with Crippen LogP contribution in [0.5, 0.6) is 0 Å². The molecule has 2 atom stereocenters. The van der Waals surface area contributed by atoms with Gasteiger partial charge in [-0.2, -0.15) is 8.42 Å². The smallest absolute Gasteiger partial charge is 0.267 e. The average molecular weight is 379 g/mol. The molecule has 0 aromatic rings. The number of hydrogen-bond acceptors (Lipinski definition) is 3. The summed E-state index contributed by atoms with van der Waals surface area (Å²) in [6.07, 6.45) is 17.6. The molecule has 0 amide bonds. The van der Waals surface area contributed by atoms with Crippen LogP contribution in [0.1, 0.15) is 117 Å². The molecule has 0 bridgehead atoms. The summed E-state index contributed by atoms with van der Waals surface area (Å²) < 4.78 is 30.7. The molecule has 0 radical (unpaired) electrons. The number of rotatable bonds is 18. The second-order valence-electron chi connectivity index (χ2n) is 7.59. The highest BCUT2D eigenvalue weighted by Gasteiger charge is 2.15. The van der Waals surface area contributed by atoms with E-state index >= 15 is 0 Å². The molecular weight excluding hydrogens is 336 g/mol. The molecule has 0 heterocycles. The summed E-state index contributed by atoms with van der Waals surface area (Å²) in [6, 6.07) is 0. The van der Waals surface area contributed by atoms with E-state index in [2.05, 4.69) is 6.92 Å². The lowest BCUT2D eigenvalue weighted by Crippen LogP contribution is -2.16. The zero-order valence-electron chi connectivity index (χ0n) is 16.6. The fourth-order valence-electron chi connectivity index (χ4n) is 3.15. The van der Waals surface area contributed by atoms with Crippen LogP contribution in [0.3, 0.4) is 0 Å². The van der Waals surface area contributed by atoms with Crippen molar-refractivity contribution in [1.29, 1.82) is 0 Å². The quantitative estimate of drug-likeness (QED) is 0.230. The van der Waals surface area contributed by atoms with Crippen molar-refractivity contribution < 1.29 is 18.1 Å². The van der Waals surface area contributed by atoms with Crippen molar-refractivity contribution in [2.24, 2.45) is 0 Å². The largest absolute Gasteiger partial charge is 0.393 e. The molecule has 4 nitrogen and oxygen atoms in total. The Kier molecular flexibility index (Phi) is 16.0. The van der Waals surface area contributed by atoms with Gasteiger partial charge >= 0.3 is 0 Å². The number of aliphatic hydroxyl groups is 1. The molecule has 0 aromatic carbocycles. The summed E-state index contributed by atoms with van der Waals surface area (Å²) >= 11 is 0. The molecule has 2 N–H and O–H groups in total. The fraction of sp³-hybridized carbons (Fsp3) is 1.00. The molecule has 0 saturated carbocycles. The Labute approximate surface area is 156 Å². The van der Waals surface area contributed by atoms with Crippen molar-refractivity contribution in [3.05, 3.63) is 0 Å². The lowest BCUT2D eigenvalue weighted by atomic mass is 10.0. The first-order valence-electron chi connectivity index (χ1n) is 10.5. The summed E-state index contributed by atoms with van der Waals surface area (Å²) in [4.78, 5) is 0. The second-order valence-corrected chi connectivity index (χ2v) is 9.42. The van der Waals surface area contributed by atoms with Crippen LogP contribution in [0.2, 0.25) is 0 Å². The predicted molar refractivity (Wildman–Crippen MR) is 107 cm³/mol. The van der Waals surface area contributed by atoms with Gasteiger partial charge in [0.25, 0.3) is 10.1 Å². The first-order valence-corrected chi connectivity index (χ1v) is 12.0. The van der Waals surface area contributed by atoms with Gasteiger partial charge < -0.3 is 5.11 Å². The van der Waals surface area contributed by atoms with Crippen LogP contribution in [0, 0.1) is 0 Å². The van der Waals surface area contributed by atoms with Crippen LogP contribution >= 0.6 is 0 Å². The Bertz CT molecular complexity index is 381. The minimum atomic E-state index is -3.86. The van der Waals surface area contributed by atoms with Crippen LogP contribution in [-0.4, -0.2) is 29.4 Å². The van der Waals surface area contributed by atoms with Gasteiger partial charge in [0.1, 0.15) is 0 Å². The maximum Gasteiger partial charge on any atom is 0.267 e. The number of aliphatic hydroxyl groups excluding tert-OH is 1. The zero-order valence-corrected chi connectivity index (χ0v) is 17.4. The monoisotopic (exact) mass is 378 g/mol.